The lowest BCUT2D eigenvalue weighted by atomic mass is 10.0. The summed E-state index contributed by atoms with van der Waals surface area (Å²) < 4.78 is 0. The van der Waals surface area contributed by atoms with Crippen molar-refractivity contribution in [3.63, 3.8) is 0 Å². The minimum Gasteiger partial charge on any atom is -0.353 e. The fraction of sp³-hybridized carbons (Fsp3) is 0.588. The highest BCUT2D eigenvalue weighted by Crippen LogP contribution is 2.13. The first-order valence-electron chi connectivity index (χ1n) is 7.83. The maximum atomic E-state index is 11.3. The van der Waals surface area contributed by atoms with E-state index in [4.69, 9.17) is 0 Å². The first-order chi connectivity index (χ1) is 9.78. The van der Waals surface area contributed by atoms with Gasteiger partial charge in [0.25, 0.3) is 0 Å². The molecule has 0 atom stereocenters. The van der Waals surface area contributed by atoms with Crippen molar-refractivity contribution in [1.82, 2.24) is 10.2 Å². The zero-order valence-corrected chi connectivity index (χ0v) is 13.1. The van der Waals surface area contributed by atoms with Crippen LogP contribution in [0.5, 0.6) is 0 Å². The van der Waals surface area contributed by atoms with Gasteiger partial charge in [-0.2, -0.15) is 0 Å². The van der Waals surface area contributed by atoms with Gasteiger partial charge in [0.2, 0.25) is 5.91 Å². The van der Waals surface area contributed by atoms with E-state index in [9.17, 15) is 4.79 Å². The van der Waals surface area contributed by atoms with Gasteiger partial charge in [-0.25, -0.2) is 0 Å². The molecule has 1 amide bonds. The first-order valence-corrected chi connectivity index (χ1v) is 7.83. The average molecular weight is 276 g/mol. The smallest absolute Gasteiger partial charge is 0.219 e. The van der Waals surface area contributed by atoms with E-state index >= 15 is 0 Å². The molecule has 1 N–H and O–H groups in total. The number of nitrogens with one attached hydrogen (secondary N) is 1. The predicted octanol–water partition coefficient (Wildman–Crippen LogP) is 3.20. The monoisotopic (exact) mass is 276 g/mol. The summed E-state index contributed by atoms with van der Waals surface area (Å²) in [7, 11) is 0. The molecule has 3 heteroatoms. The van der Waals surface area contributed by atoms with Gasteiger partial charge in [-0.1, -0.05) is 51.1 Å². The molecule has 0 bridgehead atoms. The van der Waals surface area contributed by atoms with Crippen LogP contribution in [0.2, 0.25) is 0 Å². The average Bonchev–Trinajstić information content (AvgIpc) is 2.52. The highest BCUT2D eigenvalue weighted by atomic mass is 16.1. The summed E-state index contributed by atoms with van der Waals surface area (Å²) in [5, 5.41) is 3.09. The van der Waals surface area contributed by atoms with E-state index in [1.54, 1.807) is 0 Å². The number of amides is 1. The normalized spacial score (nSPS) is 16.1. The molecule has 1 aromatic carbocycles. The first kappa shape index (κ1) is 16.7. The molecule has 20 heavy (non-hydrogen) atoms. The molecule has 112 valence electrons. The second-order valence-electron chi connectivity index (χ2n) is 4.96. The topological polar surface area (TPSA) is 32.3 Å². The van der Waals surface area contributed by atoms with Gasteiger partial charge in [0.1, 0.15) is 0 Å². The van der Waals surface area contributed by atoms with Crippen LogP contribution in [0.25, 0.3) is 0 Å². The predicted molar refractivity (Wildman–Crippen MR) is 84.5 cm³/mol. The molecule has 3 nitrogen and oxygen atoms in total. The minimum atomic E-state index is 0.177. The van der Waals surface area contributed by atoms with Crippen molar-refractivity contribution >= 4 is 5.91 Å². The quantitative estimate of drug-likeness (QED) is 0.916. The zero-order chi connectivity index (χ0) is 14.8. The SMILES string of the molecule is CC.CCC(=O)NC1CCN(Cc2ccccc2)CC1. The lowest BCUT2D eigenvalue weighted by Gasteiger charge is -2.32. The molecule has 1 aliphatic heterocycles. The number of hydrogen-bond donors (Lipinski definition) is 1. The lowest BCUT2D eigenvalue weighted by molar-refractivity contribution is -0.121. The maximum Gasteiger partial charge on any atom is 0.219 e. The molecule has 1 fully saturated rings. The van der Waals surface area contributed by atoms with Crippen molar-refractivity contribution in [3.05, 3.63) is 35.9 Å². The lowest BCUT2D eigenvalue weighted by Crippen LogP contribution is -2.44. The summed E-state index contributed by atoms with van der Waals surface area (Å²) in [5.41, 5.74) is 1.37. The summed E-state index contributed by atoms with van der Waals surface area (Å²) in [4.78, 5) is 13.8. The Bertz CT molecular complexity index is 370. The second-order valence-corrected chi connectivity index (χ2v) is 4.96. The minimum absolute atomic E-state index is 0.177. The van der Waals surface area contributed by atoms with Crippen LogP contribution in [0.3, 0.4) is 0 Å². The van der Waals surface area contributed by atoms with Crippen LogP contribution < -0.4 is 5.32 Å². The third kappa shape index (κ3) is 5.74. The third-order valence-electron chi connectivity index (χ3n) is 3.52. The molecule has 0 aromatic heterocycles. The van der Waals surface area contributed by atoms with E-state index in [1.165, 1.54) is 5.56 Å². The van der Waals surface area contributed by atoms with Gasteiger partial charge >= 0.3 is 0 Å². The Labute approximate surface area is 123 Å². The van der Waals surface area contributed by atoms with Gasteiger partial charge in [0.15, 0.2) is 0 Å². The van der Waals surface area contributed by atoms with E-state index in [2.05, 4.69) is 40.5 Å². The van der Waals surface area contributed by atoms with Crippen LogP contribution in [-0.2, 0) is 11.3 Å². The Morgan fingerprint density at radius 3 is 2.35 bits per heavy atom. The Morgan fingerprint density at radius 1 is 1.20 bits per heavy atom. The number of piperidine rings is 1. The van der Waals surface area contributed by atoms with Crippen molar-refractivity contribution < 1.29 is 4.79 Å². The van der Waals surface area contributed by atoms with Crippen molar-refractivity contribution in [3.8, 4) is 0 Å². The van der Waals surface area contributed by atoms with E-state index < -0.39 is 0 Å². The van der Waals surface area contributed by atoms with Crippen LogP contribution in [0.4, 0.5) is 0 Å². The molecule has 0 unspecified atom stereocenters. The fourth-order valence-corrected chi connectivity index (χ4v) is 2.41. The van der Waals surface area contributed by atoms with Crippen LogP contribution >= 0.6 is 0 Å². The number of nitrogens with zero attached hydrogens (tertiary/aromatic N) is 1. The zero-order valence-electron chi connectivity index (χ0n) is 13.1. The van der Waals surface area contributed by atoms with Gasteiger partial charge in [0.05, 0.1) is 0 Å². The molecule has 2 rings (SSSR count). The molecule has 0 spiro atoms. The Kier molecular flexibility index (Phi) is 7.97. The number of benzene rings is 1. The summed E-state index contributed by atoms with van der Waals surface area (Å²) in [5.74, 6) is 0.177. The third-order valence-corrected chi connectivity index (χ3v) is 3.52. The standard InChI is InChI=1S/C15H22N2O.C2H6/c1-2-15(18)16-14-8-10-17(11-9-14)12-13-6-4-3-5-7-13;1-2/h3-7,14H,2,8-12H2,1H3,(H,16,18);1-2H3. The summed E-state index contributed by atoms with van der Waals surface area (Å²) in [6.45, 7) is 9.07. The van der Waals surface area contributed by atoms with E-state index in [1.807, 2.05) is 20.8 Å². The largest absolute Gasteiger partial charge is 0.353 e. The van der Waals surface area contributed by atoms with Crippen LogP contribution in [0.15, 0.2) is 30.3 Å². The van der Waals surface area contributed by atoms with E-state index in [0.29, 0.717) is 12.5 Å². The Balaban J connectivity index is 0.000000956. The number of likely N-dealkylation sites (tertiary alicyclic amines) is 1. The highest BCUT2D eigenvalue weighted by Gasteiger charge is 2.19. The molecule has 1 aromatic rings. The summed E-state index contributed by atoms with van der Waals surface area (Å²) in [6, 6.07) is 10.9. The molecule has 1 heterocycles. The van der Waals surface area contributed by atoms with Crippen molar-refractivity contribution in [1.29, 1.82) is 0 Å². The van der Waals surface area contributed by atoms with Gasteiger partial charge in [-0.05, 0) is 18.4 Å². The highest BCUT2D eigenvalue weighted by molar-refractivity contribution is 5.75. The van der Waals surface area contributed by atoms with Gasteiger partial charge in [-0.15, -0.1) is 0 Å². The van der Waals surface area contributed by atoms with Crippen LogP contribution in [-0.4, -0.2) is 29.9 Å². The number of hydrogen-bond acceptors (Lipinski definition) is 2. The molecule has 0 aliphatic carbocycles. The summed E-state index contributed by atoms with van der Waals surface area (Å²) in [6.07, 6.45) is 2.72. The number of rotatable bonds is 4. The van der Waals surface area contributed by atoms with Crippen molar-refractivity contribution in [2.24, 2.45) is 0 Å². The molecular formula is C17H28N2O. The van der Waals surface area contributed by atoms with Gasteiger partial charge < -0.3 is 5.32 Å². The van der Waals surface area contributed by atoms with E-state index in [0.717, 1.165) is 32.5 Å². The molecule has 0 radical (unpaired) electrons. The number of carbonyl (C=O) groups excluding carboxylic acids is 1. The van der Waals surface area contributed by atoms with Crippen LogP contribution in [0, 0.1) is 0 Å². The van der Waals surface area contributed by atoms with Gasteiger partial charge in [-0.3, -0.25) is 9.69 Å². The Morgan fingerprint density at radius 2 is 1.80 bits per heavy atom. The van der Waals surface area contributed by atoms with Gasteiger partial charge in [0, 0.05) is 32.1 Å². The number of carbonyl (C=O) groups is 1. The molecule has 1 saturated heterocycles. The molecule has 0 saturated carbocycles. The van der Waals surface area contributed by atoms with E-state index in [-0.39, 0.29) is 5.91 Å². The molecular weight excluding hydrogens is 248 g/mol. The summed E-state index contributed by atoms with van der Waals surface area (Å²) >= 11 is 0. The second kappa shape index (κ2) is 9.54. The van der Waals surface area contributed by atoms with Crippen LogP contribution in [0.1, 0.15) is 45.6 Å². The molecule has 1 aliphatic rings. The van der Waals surface area contributed by atoms with Crippen molar-refractivity contribution in [2.75, 3.05) is 13.1 Å². The maximum absolute atomic E-state index is 11.3. The fourth-order valence-electron chi connectivity index (χ4n) is 2.41. The van der Waals surface area contributed by atoms with Crippen molar-refractivity contribution in [2.45, 2.75) is 52.6 Å². The Hall–Kier alpha value is -1.35.